The molecule has 0 spiro atoms. The highest BCUT2D eigenvalue weighted by Gasteiger charge is 2.08. The maximum absolute atomic E-state index is 11.4. The summed E-state index contributed by atoms with van der Waals surface area (Å²) in [6, 6.07) is 13.8. The van der Waals surface area contributed by atoms with Crippen LogP contribution in [0.4, 0.5) is 0 Å². The van der Waals surface area contributed by atoms with Crippen LogP contribution in [0.15, 0.2) is 48.5 Å². The Morgan fingerprint density at radius 3 is 2.56 bits per heavy atom. The second-order valence-corrected chi connectivity index (χ2v) is 3.98. The van der Waals surface area contributed by atoms with Crippen molar-refractivity contribution >= 4 is 23.6 Å². The molecule has 3 nitrogen and oxygen atoms in total. The summed E-state index contributed by atoms with van der Waals surface area (Å²) in [4.78, 5) is 11.4. The fourth-order valence-corrected chi connectivity index (χ4v) is 1.59. The van der Waals surface area contributed by atoms with E-state index in [0.717, 1.165) is 6.21 Å². The van der Waals surface area contributed by atoms with Crippen molar-refractivity contribution in [1.29, 1.82) is 5.41 Å². The van der Waals surface area contributed by atoms with Gasteiger partial charge in [0.2, 0.25) is 5.78 Å². The molecule has 0 unspecified atom stereocenters. The number of carbonyl (C=O) groups is 1. The Morgan fingerprint density at radius 1 is 1.17 bits per heavy atom. The molecule has 90 valence electrons. The van der Waals surface area contributed by atoms with Crippen molar-refractivity contribution < 1.29 is 9.53 Å². The second kappa shape index (κ2) is 5.47. The van der Waals surface area contributed by atoms with Crippen LogP contribution in [0.3, 0.4) is 0 Å². The first kappa shape index (κ1) is 12.3. The van der Waals surface area contributed by atoms with Crippen LogP contribution in [-0.4, -0.2) is 12.0 Å². The van der Waals surface area contributed by atoms with Crippen molar-refractivity contribution in [3.05, 3.63) is 59.1 Å². The molecule has 1 N–H and O–H groups in total. The third kappa shape index (κ3) is 2.76. The van der Waals surface area contributed by atoms with Crippen molar-refractivity contribution in [3.8, 4) is 11.5 Å². The highest BCUT2D eigenvalue weighted by molar-refractivity contribution is 6.35. The van der Waals surface area contributed by atoms with Gasteiger partial charge >= 0.3 is 0 Å². The molecule has 0 saturated carbocycles. The van der Waals surface area contributed by atoms with Gasteiger partial charge in [0.15, 0.2) is 0 Å². The van der Waals surface area contributed by atoms with Gasteiger partial charge in [-0.2, -0.15) is 0 Å². The smallest absolute Gasteiger partial charge is 0.203 e. The van der Waals surface area contributed by atoms with Gasteiger partial charge in [-0.1, -0.05) is 29.8 Å². The predicted molar refractivity (Wildman–Crippen MR) is 71.1 cm³/mol. The van der Waals surface area contributed by atoms with E-state index >= 15 is 0 Å². The lowest BCUT2D eigenvalue weighted by Gasteiger charge is -2.08. The predicted octanol–water partition coefficient (Wildman–Crippen LogP) is 3.96. The van der Waals surface area contributed by atoms with Gasteiger partial charge < -0.3 is 10.1 Å². The van der Waals surface area contributed by atoms with E-state index in [0.29, 0.717) is 22.1 Å². The lowest BCUT2D eigenvalue weighted by atomic mass is 10.1. The second-order valence-electron chi connectivity index (χ2n) is 3.57. The van der Waals surface area contributed by atoms with Gasteiger partial charge in [-0.15, -0.1) is 0 Å². The van der Waals surface area contributed by atoms with Gasteiger partial charge in [-0.25, -0.2) is 0 Å². The Hall–Kier alpha value is -2.13. The summed E-state index contributed by atoms with van der Waals surface area (Å²) in [6.07, 6.45) is 0.759. The van der Waals surface area contributed by atoms with E-state index in [9.17, 15) is 4.79 Å². The molecule has 0 heterocycles. The fraction of sp³-hybridized carbons (Fsp3) is 0. The molecule has 0 bridgehead atoms. The molecular weight excluding hydrogens is 250 g/mol. The Bertz CT molecular complexity index is 582. The lowest BCUT2D eigenvalue weighted by Crippen LogP contribution is -1.99. The van der Waals surface area contributed by atoms with Crippen molar-refractivity contribution in [2.75, 3.05) is 0 Å². The minimum absolute atomic E-state index is 0.375. The number of hydrogen-bond donors (Lipinski definition) is 1. The van der Waals surface area contributed by atoms with Gasteiger partial charge in [-0.3, -0.25) is 4.79 Å². The van der Waals surface area contributed by atoms with Crippen LogP contribution in [0.5, 0.6) is 11.5 Å². The van der Waals surface area contributed by atoms with E-state index in [1.165, 1.54) is 6.07 Å². The summed E-state index contributed by atoms with van der Waals surface area (Å²) in [7, 11) is 0. The summed E-state index contributed by atoms with van der Waals surface area (Å²) in [5, 5.41) is 7.36. The zero-order chi connectivity index (χ0) is 13.0. The van der Waals surface area contributed by atoms with Gasteiger partial charge in [0, 0.05) is 5.56 Å². The normalized spacial score (nSPS) is 9.83. The van der Waals surface area contributed by atoms with E-state index in [-0.39, 0.29) is 5.78 Å². The molecule has 0 aromatic heterocycles. The fourth-order valence-electron chi connectivity index (χ4n) is 1.43. The van der Waals surface area contributed by atoms with Crippen molar-refractivity contribution in [3.63, 3.8) is 0 Å². The first-order valence-corrected chi connectivity index (χ1v) is 5.66. The number of Topliss-reactive ketones (excluding diaryl/α,β-unsaturated/α-hetero) is 1. The lowest BCUT2D eigenvalue weighted by molar-refractivity contribution is 0.107. The number of halogens is 1. The number of hydrogen-bond acceptors (Lipinski definition) is 3. The number of carbonyl (C=O) groups excluding carboxylic acids is 1. The van der Waals surface area contributed by atoms with Crippen molar-refractivity contribution in [2.45, 2.75) is 0 Å². The number of benzene rings is 2. The zero-order valence-corrected chi connectivity index (χ0v) is 10.1. The quantitative estimate of drug-likeness (QED) is 0.667. The zero-order valence-electron chi connectivity index (χ0n) is 9.39. The molecule has 0 saturated heterocycles. The molecule has 2 rings (SSSR count). The minimum Gasteiger partial charge on any atom is -0.456 e. The Balaban J connectivity index is 2.32. The molecule has 0 aliphatic rings. The SMILES string of the molecule is N=CC(=O)c1ccc(Cl)c(Oc2ccccc2)c1. The first-order valence-electron chi connectivity index (χ1n) is 5.28. The molecule has 18 heavy (non-hydrogen) atoms. The molecule has 0 atom stereocenters. The van der Waals surface area contributed by atoms with Crippen molar-refractivity contribution in [1.82, 2.24) is 0 Å². The minimum atomic E-state index is -0.385. The molecule has 0 amide bonds. The third-order valence-electron chi connectivity index (χ3n) is 2.32. The summed E-state index contributed by atoms with van der Waals surface area (Å²) in [5.74, 6) is 0.652. The summed E-state index contributed by atoms with van der Waals surface area (Å²) in [6.45, 7) is 0. The Kier molecular flexibility index (Phi) is 3.75. The van der Waals surface area contributed by atoms with Crippen LogP contribution in [0.1, 0.15) is 10.4 Å². The molecule has 2 aromatic rings. The molecule has 0 fully saturated rings. The molecular formula is C14H10ClNO2. The van der Waals surface area contributed by atoms with Gasteiger partial charge in [0.1, 0.15) is 11.5 Å². The average Bonchev–Trinajstić information content (AvgIpc) is 2.41. The Morgan fingerprint density at radius 2 is 1.89 bits per heavy atom. The van der Waals surface area contributed by atoms with Crippen LogP contribution in [0, 0.1) is 5.41 Å². The number of ether oxygens (including phenoxy) is 1. The highest BCUT2D eigenvalue weighted by Crippen LogP contribution is 2.30. The van der Waals surface area contributed by atoms with Crippen LogP contribution >= 0.6 is 11.6 Å². The highest BCUT2D eigenvalue weighted by atomic mass is 35.5. The molecule has 4 heteroatoms. The van der Waals surface area contributed by atoms with Gasteiger partial charge in [0.25, 0.3) is 0 Å². The number of nitrogens with one attached hydrogen (secondary N) is 1. The standard InChI is InChI=1S/C14H10ClNO2/c15-12-7-6-10(13(17)9-16)8-14(12)18-11-4-2-1-3-5-11/h1-9,16H. The van der Waals surface area contributed by atoms with Gasteiger partial charge in [0.05, 0.1) is 11.2 Å². The number of rotatable bonds is 4. The number of para-hydroxylation sites is 1. The average molecular weight is 260 g/mol. The molecule has 0 aliphatic carbocycles. The number of ketones is 1. The maximum atomic E-state index is 11.4. The topological polar surface area (TPSA) is 50.2 Å². The van der Waals surface area contributed by atoms with Crippen molar-refractivity contribution in [2.24, 2.45) is 0 Å². The molecule has 2 aromatic carbocycles. The van der Waals surface area contributed by atoms with Crippen LogP contribution in [0.2, 0.25) is 5.02 Å². The largest absolute Gasteiger partial charge is 0.456 e. The van der Waals surface area contributed by atoms with Gasteiger partial charge in [-0.05, 0) is 30.3 Å². The van der Waals surface area contributed by atoms with E-state index in [1.807, 2.05) is 18.2 Å². The summed E-state index contributed by atoms with van der Waals surface area (Å²) < 4.78 is 5.59. The van der Waals surface area contributed by atoms with E-state index in [4.69, 9.17) is 21.7 Å². The Labute approximate surface area is 109 Å². The molecule has 0 aliphatic heterocycles. The monoisotopic (exact) mass is 259 g/mol. The van der Waals surface area contributed by atoms with E-state index < -0.39 is 0 Å². The summed E-state index contributed by atoms with van der Waals surface area (Å²) >= 11 is 6.00. The van der Waals surface area contributed by atoms with Crippen LogP contribution < -0.4 is 4.74 Å². The van der Waals surface area contributed by atoms with E-state index in [2.05, 4.69) is 0 Å². The summed E-state index contributed by atoms with van der Waals surface area (Å²) in [5.41, 5.74) is 0.375. The third-order valence-corrected chi connectivity index (χ3v) is 2.63. The van der Waals surface area contributed by atoms with Crippen LogP contribution in [-0.2, 0) is 0 Å². The maximum Gasteiger partial charge on any atom is 0.203 e. The van der Waals surface area contributed by atoms with Crippen LogP contribution in [0.25, 0.3) is 0 Å². The van der Waals surface area contributed by atoms with E-state index in [1.54, 1.807) is 24.3 Å². The first-order chi connectivity index (χ1) is 8.70. The molecule has 0 radical (unpaired) electrons.